The molecular weight excluding hydrogens is 1040 g/mol. The summed E-state index contributed by atoms with van der Waals surface area (Å²) in [5.41, 5.74) is 5.50. The number of rotatable bonds is 58. The molecule has 3 heteroatoms. The van der Waals surface area contributed by atoms with Crippen molar-refractivity contribution >= 4 is 23.3 Å². The average molecular weight is 1170 g/mol. The largest absolute Gasteiger partial charge is 0.254 e. The zero-order valence-corrected chi connectivity index (χ0v) is 55.6. The molecule has 2 rings (SSSR count). The van der Waals surface area contributed by atoms with Crippen LogP contribution in [0.2, 0.25) is 0 Å². The van der Waals surface area contributed by atoms with Crippen LogP contribution in [0.15, 0.2) is 70.7 Å². The third-order valence-electron chi connectivity index (χ3n) is 16.9. The van der Waals surface area contributed by atoms with Crippen molar-refractivity contribution in [2.24, 2.45) is 9.98 Å². The van der Waals surface area contributed by atoms with Crippen LogP contribution in [0.25, 0.3) is 0 Å². The Kier molecular flexibility index (Phi) is 60.3. The number of aryl methyl sites for hydroxylation is 2. The van der Waals surface area contributed by atoms with Gasteiger partial charge in [-0.3, -0.25) is 4.99 Å². The van der Waals surface area contributed by atoms with Gasteiger partial charge in [0.05, 0.1) is 23.3 Å². The summed E-state index contributed by atoms with van der Waals surface area (Å²) in [5.74, 6) is 14.0. The molecule has 0 atom stereocenters. The van der Waals surface area contributed by atoms with Crippen molar-refractivity contribution in [1.82, 2.24) is 0 Å². The molecule has 0 unspecified atom stereocenters. The van der Waals surface area contributed by atoms with E-state index in [0.29, 0.717) is 0 Å². The second-order valence-electron chi connectivity index (χ2n) is 24.7. The number of nitrogens with zero attached hydrogens (tertiary/aromatic N) is 2. The first kappa shape index (κ1) is 77.1. The normalized spacial score (nSPS) is 11.6. The maximum atomic E-state index is 5.29. The van der Waals surface area contributed by atoms with Gasteiger partial charge in [0.15, 0.2) is 0 Å². The summed E-state index contributed by atoms with van der Waals surface area (Å²) in [6.07, 6.45) is 82.2. The van der Waals surface area contributed by atoms with E-state index in [9.17, 15) is 0 Å². The van der Waals surface area contributed by atoms with Crippen LogP contribution in [-0.4, -0.2) is 11.9 Å². The Balaban J connectivity index is 0.0000336. The fraction of sp³-hybridized carbons (Fsp3) is 0.747. The second kappa shape index (κ2) is 64.1. The molecule has 0 saturated carbocycles. The van der Waals surface area contributed by atoms with Crippen molar-refractivity contribution < 1.29 is 16.5 Å². The zero-order valence-electron chi connectivity index (χ0n) is 54.7. The van der Waals surface area contributed by atoms with Gasteiger partial charge in [-0.1, -0.05) is 359 Å². The number of hydrogen-bond donors (Lipinski definition) is 0. The van der Waals surface area contributed by atoms with Crippen LogP contribution < -0.4 is 0 Å². The van der Waals surface area contributed by atoms with E-state index in [4.69, 9.17) is 9.98 Å². The molecule has 0 bridgehead atoms. The molecule has 0 aliphatic rings. The van der Waals surface area contributed by atoms with Crippen LogP contribution in [0.3, 0.4) is 0 Å². The summed E-state index contributed by atoms with van der Waals surface area (Å²) in [5, 5.41) is 0. The summed E-state index contributed by atoms with van der Waals surface area (Å²) >= 11 is 0. The molecule has 0 fully saturated rings. The molecule has 0 heterocycles. The first-order valence-electron chi connectivity index (χ1n) is 36.1. The average Bonchev–Trinajstić information content (AvgIpc) is 3.57. The van der Waals surface area contributed by atoms with Crippen LogP contribution in [0.5, 0.6) is 0 Å². The van der Waals surface area contributed by atoms with Gasteiger partial charge in [-0.05, 0) is 67.9 Å². The van der Waals surface area contributed by atoms with Crippen molar-refractivity contribution in [3.05, 3.63) is 71.8 Å². The Morgan fingerprint density at radius 2 is 0.585 bits per heavy atom. The van der Waals surface area contributed by atoms with Crippen LogP contribution in [0, 0.1) is 23.7 Å². The van der Waals surface area contributed by atoms with Gasteiger partial charge in [-0.15, -0.1) is 23.7 Å². The molecule has 0 spiro atoms. The molecule has 0 aromatic heterocycles. The standard InChI is InChI=1S/C79H132N2.Ni/c1-4-7-10-13-16-19-22-25-28-31-34-35-36-37-38-41-44-47-50-53-56-59-62-71-77(81-79-73-66-64-70-76(79)68-61-58-55-52-49-46-43-40-33-30-27-24-21-18-15-12-9-6-3)74-80-78-72-65-63-69-75(78)67-60-57-54-51-48-45-42-39-32-29-26-23-20-17-14-11-8-5-2;/h62-66,69-74H,4-53,56,59-61,67-68H2,1-3H3;/b71-62+,80-74?,81-77?;. The van der Waals surface area contributed by atoms with Crippen LogP contribution in [0.1, 0.15) is 379 Å². The first-order valence-corrected chi connectivity index (χ1v) is 36.1. The van der Waals surface area contributed by atoms with Crippen LogP contribution in [-0.2, 0) is 29.3 Å². The second-order valence-corrected chi connectivity index (χ2v) is 24.7. The van der Waals surface area contributed by atoms with Crippen molar-refractivity contribution in [3.63, 3.8) is 0 Å². The first-order chi connectivity index (χ1) is 40.3. The summed E-state index contributed by atoms with van der Waals surface area (Å²) in [7, 11) is 0. The Morgan fingerprint density at radius 3 is 0.927 bits per heavy atom. The van der Waals surface area contributed by atoms with Crippen LogP contribution >= 0.6 is 0 Å². The van der Waals surface area contributed by atoms with E-state index in [1.165, 1.54) is 326 Å². The molecule has 0 aliphatic heterocycles. The predicted molar refractivity (Wildman–Crippen MR) is 367 cm³/mol. The van der Waals surface area contributed by atoms with Gasteiger partial charge in [0, 0.05) is 42.2 Å². The fourth-order valence-electron chi connectivity index (χ4n) is 11.5. The molecule has 0 amide bonds. The minimum absolute atomic E-state index is 0. The van der Waals surface area contributed by atoms with E-state index >= 15 is 0 Å². The van der Waals surface area contributed by atoms with Crippen molar-refractivity contribution in [1.29, 1.82) is 0 Å². The molecule has 0 radical (unpaired) electrons. The van der Waals surface area contributed by atoms with Crippen molar-refractivity contribution in [3.8, 4) is 23.7 Å². The van der Waals surface area contributed by atoms with Crippen molar-refractivity contribution in [2.75, 3.05) is 0 Å². The van der Waals surface area contributed by atoms with Crippen LogP contribution in [0.4, 0.5) is 11.4 Å². The third kappa shape index (κ3) is 51.5. The monoisotopic (exact) mass is 1170 g/mol. The van der Waals surface area contributed by atoms with Gasteiger partial charge in [-0.2, -0.15) is 0 Å². The van der Waals surface area contributed by atoms with Gasteiger partial charge in [0.1, 0.15) is 0 Å². The zero-order chi connectivity index (χ0) is 57.5. The maximum Gasteiger partial charge on any atom is 0.0816 e. The van der Waals surface area contributed by atoms with Gasteiger partial charge >= 0.3 is 0 Å². The Bertz CT molecular complexity index is 1870. The number of unbranched alkanes of at least 4 members (excludes halogenated alkanes) is 49. The molecule has 82 heavy (non-hydrogen) atoms. The molecule has 0 aliphatic carbocycles. The maximum absolute atomic E-state index is 5.29. The van der Waals surface area contributed by atoms with E-state index in [-0.39, 0.29) is 16.5 Å². The number of hydrogen-bond acceptors (Lipinski definition) is 2. The topological polar surface area (TPSA) is 24.7 Å². The predicted octanol–water partition coefficient (Wildman–Crippen LogP) is 26.9. The van der Waals surface area contributed by atoms with Gasteiger partial charge in [0.2, 0.25) is 0 Å². The Labute approximate surface area is 522 Å². The van der Waals surface area contributed by atoms with Gasteiger partial charge < -0.3 is 0 Å². The minimum Gasteiger partial charge on any atom is -0.254 e. The summed E-state index contributed by atoms with van der Waals surface area (Å²) in [6, 6.07) is 17.3. The SMILES string of the molecule is CCCCCCCCCCCCCCCCC#CCCc1ccccc1N=CC(/C=C/CCCCCCCCCCCCCCCCCCCCCCC)=Nc1ccccc1CCC#CCCCCCCCCCCCCCCCC.[Ni]. The molecule has 468 valence electrons. The van der Waals surface area contributed by atoms with E-state index in [2.05, 4.69) is 105 Å². The Hall–Kier alpha value is -2.87. The van der Waals surface area contributed by atoms with E-state index < -0.39 is 0 Å². The Morgan fingerprint density at radius 1 is 0.317 bits per heavy atom. The van der Waals surface area contributed by atoms with Gasteiger partial charge in [0.25, 0.3) is 0 Å². The summed E-state index contributed by atoms with van der Waals surface area (Å²) in [6.45, 7) is 6.92. The molecule has 0 saturated heterocycles. The summed E-state index contributed by atoms with van der Waals surface area (Å²) < 4.78 is 0. The molecular formula is C79H132N2Ni. The fourth-order valence-corrected chi connectivity index (χ4v) is 11.5. The van der Waals surface area contributed by atoms with E-state index in [1.807, 2.05) is 6.21 Å². The number of allylic oxidation sites excluding steroid dienone is 2. The smallest absolute Gasteiger partial charge is 0.0816 e. The number of para-hydroxylation sites is 2. The number of benzene rings is 2. The molecule has 2 nitrogen and oxygen atoms in total. The van der Waals surface area contributed by atoms with E-state index in [0.717, 1.165) is 62.0 Å². The van der Waals surface area contributed by atoms with Crippen molar-refractivity contribution in [2.45, 2.75) is 380 Å². The summed E-state index contributed by atoms with van der Waals surface area (Å²) in [4.78, 5) is 10.4. The van der Waals surface area contributed by atoms with E-state index in [1.54, 1.807) is 0 Å². The number of aliphatic imine (C=N–C) groups is 2. The molecule has 2 aromatic rings. The minimum atomic E-state index is 0. The molecule has 2 aromatic carbocycles. The van der Waals surface area contributed by atoms with Gasteiger partial charge in [-0.25, -0.2) is 4.99 Å². The molecule has 0 N–H and O–H groups in total. The quantitative estimate of drug-likeness (QED) is 0.0273. The third-order valence-corrected chi connectivity index (χ3v) is 16.9.